The lowest BCUT2D eigenvalue weighted by Gasteiger charge is -2.28. The molecule has 1 N–H and O–H groups in total. The van der Waals surface area contributed by atoms with Crippen molar-refractivity contribution >= 4 is 11.9 Å². The number of carbonyl (C=O) groups is 2. The molecule has 20 heavy (non-hydrogen) atoms. The minimum Gasteiger partial charge on any atom is -0.461 e. The summed E-state index contributed by atoms with van der Waals surface area (Å²) in [6, 6.07) is 0. The van der Waals surface area contributed by atoms with Crippen molar-refractivity contribution in [3.05, 3.63) is 12.2 Å². The Bertz CT molecular complexity index is 325. The normalized spacial score (nSPS) is 11.6. The predicted octanol–water partition coefficient (Wildman–Crippen LogP) is 1.49. The van der Waals surface area contributed by atoms with Gasteiger partial charge in [-0.25, -0.2) is 4.79 Å². The van der Waals surface area contributed by atoms with E-state index in [0.29, 0.717) is 24.2 Å². The summed E-state index contributed by atoms with van der Waals surface area (Å²) in [6.07, 6.45) is 6.72. The van der Waals surface area contributed by atoms with E-state index in [2.05, 4.69) is 18.3 Å². The molecule has 5 nitrogen and oxygen atoms in total. The first-order chi connectivity index (χ1) is 9.37. The second-order valence-electron chi connectivity index (χ2n) is 5.54. The van der Waals surface area contributed by atoms with Crippen molar-refractivity contribution in [1.29, 1.82) is 0 Å². The zero-order valence-electron chi connectivity index (χ0n) is 13.3. The molecule has 0 unspecified atom stereocenters. The number of amides is 1. The molecule has 0 aromatic carbocycles. The molecule has 0 aromatic heterocycles. The van der Waals surface area contributed by atoms with Crippen LogP contribution in [0.5, 0.6) is 0 Å². The number of nitrogens with zero attached hydrogens (tertiary/aromatic N) is 1. The Balaban J connectivity index is 3.79. The molecule has 5 heteroatoms. The fourth-order valence-corrected chi connectivity index (χ4v) is 1.77. The highest BCUT2D eigenvalue weighted by Gasteiger charge is 2.20. The van der Waals surface area contributed by atoms with Crippen LogP contribution in [0.25, 0.3) is 0 Å². The summed E-state index contributed by atoms with van der Waals surface area (Å²) in [5.41, 5.74) is 0. The molecule has 116 valence electrons. The summed E-state index contributed by atoms with van der Waals surface area (Å²) in [5.74, 6) is -0.186. The summed E-state index contributed by atoms with van der Waals surface area (Å²) in [4.78, 5) is 22.4. The van der Waals surface area contributed by atoms with E-state index in [4.69, 9.17) is 4.74 Å². The molecule has 1 amide bonds. The number of likely N-dealkylation sites (N-methyl/N-ethyl adjacent to an activating group) is 1. The van der Waals surface area contributed by atoms with Crippen molar-refractivity contribution in [2.75, 3.05) is 40.3 Å². The Morgan fingerprint density at radius 2 is 1.95 bits per heavy atom. The molecule has 0 heterocycles. The molecular formula is C15H29N2O3+. The highest BCUT2D eigenvalue weighted by Crippen LogP contribution is 2.00. The van der Waals surface area contributed by atoms with Gasteiger partial charge in [-0.3, -0.25) is 4.79 Å². The first-order valence-electron chi connectivity index (χ1n) is 7.24. The third-order valence-corrected chi connectivity index (χ3v) is 2.82. The zero-order chi connectivity index (χ0) is 15.4. The maximum absolute atomic E-state index is 11.7. The van der Waals surface area contributed by atoms with E-state index >= 15 is 0 Å². The Kier molecular flexibility index (Phi) is 9.72. The molecule has 0 aliphatic heterocycles. The van der Waals surface area contributed by atoms with Gasteiger partial charge in [0.2, 0.25) is 5.91 Å². The van der Waals surface area contributed by atoms with Crippen LogP contribution in [0, 0.1) is 0 Å². The van der Waals surface area contributed by atoms with Crippen LogP contribution in [0.3, 0.4) is 0 Å². The van der Waals surface area contributed by atoms with E-state index in [1.807, 2.05) is 20.2 Å². The van der Waals surface area contributed by atoms with E-state index < -0.39 is 0 Å². The van der Waals surface area contributed by atoms with Crippen LogP contribution >= 0.6 is 0 Å². The first-order valence-corrected chi connectivity index (χ1v) is 7.24. The van der Waals surface area contributed by atoms with E-state index in [1.165, 1.54) is 6.92 Å². The fraction of sp³-hybridized carbons (Fsp3) is 0.733. The maximum atomic E-state index is 11.7. The molecule has 0 aliphatic rings. The van der Waals surface area contributed by atoms with Crippen LogP contribution < -0.4 is 5.32 Å². The smallest absolute Gasteiger partial charge is 0.361 e. The molecule has 0 rings (SSSR count). The Morgan fingerprint density at radius 1 is 1.25 bits per heavy atom. The first kappa shape index (κ1) is 18.6. The molecular weight excluding hydrogens is 256 g/mol. The summed E-state index contributed by atoms with van der Waals surface area (Å²) >= 11 is 0. The van der Waals surface area contributed by atoms with Gasteiger partial charge in [-0.05, 0) is 12.8 Å². The van der Waals surface area contributed by atoms with Gasteiger partial charge in [-0.15, -0.1) is 0 Å². The molecule has 0 spiro atoms. The highest BCUT2D eigenvalue weighted by atomic mass is 16.5. The van der Waals surface area contributed by atoms with Crippen molar-refractivity contribution in [1.82, 2.24) is 5.32 Å². The van der Waals surface area contributed by atoms with E-state index in [0.717, 1.165) is 25.8 Å². The number of quaternary nitrogens is 1. The molecule has 0 bridgehead atoms. The van der Waals surface area contributed by atoms with Gasteiger partial charge >= 0.3 is 5.97 Å². The molecule has 0 atom stereocenters. The molecule has 0 aliphatic carbocycles. The summed E-state index contributed by atoms with van der Waals surface area (Å²) in [7, 11) is 3.98. The summed E-state index contributed by atoms with van der Waals surface area (Å²) in [6.45, 7) is 5.85. The summed E-state index contributed by atoms with van der Waals surface area (Å²) < 4.78 is 5.77. The third kappa shape index (κ3) is 11.7. The fourth-order valence-electron chi connectivity index (χ4n) is 1.77. The van der Waals surface area contributed by atoms with E-state index in [1.54, 1.807) is 0 Å². The SMILES string of the molecule is CC/C=C\CCOC(=O)C[N+](C)(C)CCCNC(C)=O. The maximum Gasteiger partial charge on any atom is 0.361 e. The van der Waals surface area contributed by atoms with Crippen LogP contribution in [-0.2, 0) is 14.3 Å². The van der Waals surface area contributed by atoms with Crippen molar-refractivity contribution < 1.29 is 18.8 Å². The lowest BCUT2D eigenvalue weighted by atomic mass is 10.3. The quantitative estimate of drug-likeness (QED) is 0.286. The standard InChI is InChI=1S/C15H28N2O3/c1-5-6-7-8-12-20-15(19)13-17(3,4)11-9-10-16-14(2)18/h6-7H,5,8-13H2,1-4H3/p+1/b7-6-. The number of esters is 1. The molecule has 0 radical (unpaired) electrons. The minimum absolute atomic E-state index is 0.0187. The van der Waals surface area contributed by atoms with Gasteiger partial charge < -0.3 is 14.5 Å². The van der Waals surface area contributed by atoms with Crippen molar-refractivity contribution in [2.24, 2.45) is 0 Å². The van der Waals surface area contributed by atoms with E-state index in [-0.39, 0.29) is 11.9 Å². The number of allylic oxidation sites excluding steroid dienone is 1. The number of ether oxygens (including phenoxy) is 1. The lowest BCUT2D eigenvalue weighted by molar-refractivity contribution is -0.883. The number of rotatable bonds is 10. The Morgan fingerprint density at radius 3 is 2.55 bits per heavy atom. The van der Waals surface area contributed by atoms with Crippen LogP contribution in [0.2, 0.25) is 0 Å². The van der Waals surface area contributed by atoms with Crippen molar-refractivity contribution in [2.45, 2.75) is 33.1 Å². The topological polar surface area (TPSA) is 55.4 Å². The lowest BCUT2D eigenvalue weighted by Crippen LogP contribution is -2.46. The molecule has 0 saturated carbocycles. The van der Waals surface area contributed by atoms with Crippen molar-refractivity contribution in [3.63, 3.8) is 0 Å². The van der Waals surface area contributed by atoms with Gasteiger partial charge in [-0.2, -0.15) is 0 Å². The summed E-state index contributed by atoms with van der Waals surface area (Å²) in [5, 5.41) is 2.75. The van der Waals surface area contributed by atoms with Crippen LogP contribution in [0.1, 0.15) is 33.1 Å². The molecule has 0 saturated heterocycles. The van der Waals surface area contributed by atoms with Gasteiger partial charge in [0.15, 0.2) is 6.54 Å². The van der Waals surface area contributed by atoms with Gasteiger partial charge in [0.05, 0.1) is 27.2 Å². The highest BCUT2D eigenvalue weighted by molar-refractivity contribution is 5.72. The second-order valence-corrected chi connectivity index (χ2v) is 5.54. The van der Waals surface area contributed by atoms with Crippen LogP contribution in [0.4, 0.5) is 0 Å². The van der Waals surface area contributed by atoms with Gasteiger partial charge in [0.1, 0.15) is 0 Å². The average Bonchev–Trinajstić information content (AvgIpc) is 2.33. The van der Waals surface area contributed by atoms with Crippen LogP contribution in [0.15, 0.2) is 12.2 Å². The number of carbonyl (C=O) groups excluding carboxylic acids is 2. The Labute approximate surface area is 122 Å². The monoisotopic (exact) mass is 285 g/mol. The van der Waals surface area contributed by atoms with Gasteiger partial charge in [0, 0.05) is 19.9 Å². The van der Waals surface area contributed by atoms with Gasteiger partial charge in [0.25, 0.3) is 0 Å². The average molecular weight is 285 g/mol. The zero-order valence-corrected chi connectivity index (χ0v) is 13.3. The second kappa shape index (κ2) is 10.4. The van der Waals surface area contributed by atoms with E-state index in [9.17, 15) is 9.59 Å². The van der Waals surface area contributed by atoms with Crippen molar-refractivity contribution in [3.8, 4) is 0 Å². The molecule has 0 aromatic rings. The minimum atomic E-state index is -0.167. The van der Waals surface area contributed by atoms with Crippen LogP contribution in [-0.4, -0.2) is 56.7 Å². The predicted molar refractivity (Wildman–Crippen MR) is 80.2 cm³/mol. The van der Waals surface area contributed by atoms with Gasteiger partial charge in [-0.1, -0.05) is 19.1 Å². The third-order valence-electron chi connectivity index (χ3n) is 2.82. The number of hydrogen-bond donors (Lipinski definition) is 1. The number of nitrogens with one attached hydrogen (secondary N) is 1. The Hall–Kier alpha value is -1.36. The number of hydrogen-bond acceptors (Lipinski definition) is 3. The largest absolute Gasteiger partial charge is 0.461 e. The molecule has 0 fully saturated rings.